The highest BCUT2D eigenvalue weighted by molar-refractivity contribution is 6.09. The lowest BCUT2D eigenvalue weighted by molar-refractivity contribution is -0.129. The minimum absolute atomic E-state index is 0.120. The predicted octanol–water partition coefficient (Wildman–Crippen LogP) is 4.86. The molecule has 1 aliphatic carbocycles. The number of likely N-dealkylation sites (tertiary alicyclic amines) is 1. The van der Waals surface area contributed by atoms with E-state index in [2.05, 4.69) is 11.4 Å². The number of para-hydroxylation sites is 1. The Hall–Kier alpha value is -3.67. The lowest BCUT2D eigenvalue weighted by Crippen LogP contribution is -2.33. The van der Waals surface area contributed by atoms with E-state index >= 15 is 0 Å². The Labute approximate surface area is 206 Å². The van der Waals surface area contributed by atoms with Crippen LogP contribution in [0.1, 0.15) is 59.3 Å². The Morgan fingerprint density at radius 1 is 1.03 bits per heavy atom. The number of ether oxygens (including phenoxy) is 1. The van der Waals surface area contributed by atoms with Crippen LogP contribution >= 0.6 is 0 Å². The van der Waals surface area contributed by atoms with Crippen molar-refractivity contribution in [3.8, 4) is 5.75 Å². The highest BCUT2D eigenvalue weighted by Crippen LogP contribution is 2.36. The van der Waals surface area contributed by atoms with Gasteiger partial charge in [-0.2, -0.15) is 0 Å². The molecule has 2 amide bonds. The monoisotopic (exact) mass is 469 g/mol. The van der Waals surface area contributed by atoms with Crippen molar-refractivity contribution in [3.05, 3.63) is 70.9 Å². The van der Waals surface area contributed by atoms with E-state index < -0.39 is 0 Å². The number of allylic oxidation sites excluding steroid dienone is 1. The van der Waals surface area contributed by atoms with Gasteiger partial charge in [-0.05, 0) is 73.1 Å². The molecule has 0 bridgehead atoms. The maximum absolute atomic E-state index is 13.5. The first-order chi connectivity index (χ1) is 17.1. The molecule has 6 nitrogen and oxygen atoms in total. The fourth-order valence-electron chi connectivity index (χ4n) is 5.13. The molecule has 180 valence electrons. The van der Waals surface area contributed by atoms with Crippen molar-refractivity contribution in [2.75, 3.05) is 26.7 Å². The van der Waals surface area contributed by atoms with Crippen LogP contribution in [0.4, 0.5) is 0 Å². The minimum atomic E-state index is -0.125. The zero-order valence-electron chi connectivity index (χ0n) is 20.2. The molecule has 2 heterocycles. The van der Waals surface area contributed by atoms with Gasteiger partial charge < -0.3 is 15.0 Å². The molecule has 1 N–H and O–H groups in total. The molecule has 3 aromatic rings. The molecule has 0 unspecified atom stereocenters. The highest BCUT2D eigenvalue weighted by atomic mass is 16.5. The number of hydrogen-bond acceptors (Lipinski definition) is 4. The number of aromatic nitrogens is 1. The second-order valence-electron chi connectivity index (χ2n) is 9.22. The van der Waals surface area contributed by atoms with E-state index in [0.29, 0.717) is 18.5 Å². The number of amides is 2. The van der Waals surface area contributed by atoms with Crippen molar-refractivity contribution in [1.82, 2.24) is 15.2 Å². The fourth-order valence-corrected chi connectivity index (χ4v) is 5.13. The summed E-state index contributed by atoms with van der Waals surface area (Å²) < 4.78 is 5.28. The second-order valence-corrected chi connectivity index (χ2v) is 9.22. The zero-order chi connectivity index (χ0) is 24.2. The minimum Gasteiger partial charge on any atom is -0.497 e. The van der Waals surface area contributed by atoms with Crippen LogP contribution in [-0.4, -0.2) is 48.4 Å². The average Bonchev–Trinajstić information content (AvgIpc) is 3.43. The summed E-state index contributed by atoms with van der Waals surface area (Å²) >= 11 is 0. The molecular formula is C29H31N3O3. The molecule has 0 spiro atoms. The summed E-state index contributed by atoms with van der Waals surface area (Å²) in [5, 5.41) is 3.89. The van der Waals surface area contributed by atoms with Crippen molar-refractivity contribution in [2.24, 2.45) is 0 Å². The number of pyridine rings is 1. The third kappa shape index (κ3) is 4.92. The fraction of sp³-hybridized carbons (Fsp3) is 0.345. The van der Waals surface area contributed by atoms with E-state index in [1.165, 1.54) is 0 Å². The van der Waals surface area contributed by atoms with Crippen LogP contribution in [-0.2, 0) is 11.2 Å². The van der Waals surface area contributed by atoms with Crippen LogP contribution in [0.15, 0.2) is 48.5 Å². The molecule has 1 fully saturated rings. The van der Waals surface area contributed by atoms with Crippen LogP contribution in [0.25, 0.3) is 22.6 Å². The average molecular weight is 470 g/mol. The van der Waals surface area contributed by atoms with Gasteiger partial charge in [-0.1, -0.05) is 30.3 Å². The van der Waals surface area contributed by atoms with E-state index in [0.717, 1.165) is 84.2 Å². The Morgan fingerprint density at radius 2 is 1.80 bits per heavy atom. The standard InChI is InChI=1S/C29H31N3O3/c1-35-22-13-11-20(12-14-22)19-21-7-6-9-24-27(23-8-2-3-10-25(23)31-28(21)24)29(34)30-16-15-26(33)32-17-4-5-18-32/h2-3,8,10-14,19H,4-7,9,15-18H2,1H3,(H,30,34)/b21-19+. The molecular weight excluding hydrogens is 438 g/mol. The molecule has 1 saturated heterocycles. The Bertz CT molecular complexity index is 1270. The van der Waals surface area contributed by atoms with Gasteiger partial charge in [-0.25, -0.2) is 4.98 Å². The molecule has 5 rings (SSSR count). The molecule has 35 heavy (non-hydrogen) atoms. The number of rotatable bonds is 6. The maximum Gasteiger partial charge on any atom is 0.252 e. The largest absolute Gasteiger partial charge is 0.497 e. The Balaban J connectivity index is 1.45. The SMILES string of the molecule is COc1ccc(/C=C2\CCCc3c2nc2ccccc2c3C(=O)NCCC(=O)N2CCCC2)cc1. The second kappa shape index (κ2) is 10.3. The quantitative estimate of drug-likeness (QED) is 0.560. The number of fused-ring (bicyclic) bond motifs is 2. The lowest BCUT2D eigenvalue weighted by atomic mass is 9.85. The number of benzene rings is 2. The van der Waals surface area contributed by atoms with Crippen LogP contribution in [0.2, 0.25) is 0 Å². The van der Waals surface area contributed by atoms with Crippen LogP contribution < -0.4 is 10.1 Å². The summed E-state index contributed by atoms with van der Waals surface area (Å²) in [6.07, 6.45) is 7.31. The van der Waals surface area contributed by atoms with Crippen molar-refractivity contribution in [1.29, 1.82) is 0 Å². The van der Waals surface area contributed by atoms with Crippen LogP contribution in [0, 0.1) is 0 Å². The summed E-state index contributed by atoms with van der Waals surface area (Å²) in [5.41, 5.74) is 5.63. The van der Waals surface area contributed by atoms with Gasteiger partial charge in [0.25, 0.3) is 5.91 Å². The van der Waals surface area contributed by atoms with Gasteiger partial charge in [-0.15, -0.1) is 0 Å². The first kappa shape index (κ1) is 23.1. The number of nitrogens with one attached hydrogen (secondary N) is 1. The van der Waals surface area contributed by atoms with E-state index in [9.17, 15) is 9.59 Å². The molecule has 2 aromatic carbocycles. The molecule has 6 heteroatoms. The summed E-state index contributed by atoms with van der Waals surface area (Å²) in [7, 11) is 1.66. The van der Waals surface area contributed by atoms with Crippen LogP contribution in [0.3, 0.4) is 0 Å². The molecule has 2 aliphatic rings. The predicted molar refractivity (Wildman–Crippen MR) is 138 cm³/mol. The van der Waals surface area contributed by atoms with Gasteiger partial charge in [0.2, 0.25) is 5.91 Å². The molecule has 0 atom stereocenters. The number of methoxy groups -OCH3 is 1. The zero-order valence-corrected chi connectivity index (χ0v) is 20.2. The smallest absolute Gasteiger partial charge is 0.252 e. The molecule has 0 saturated carbocycles. The number of hydrogen-bond donors (Lipinski definition) is 1. The van der Waals surface area contributed by atoms with Gasteiger partial charge in [0.05, 0.1) is 23.9 Å². The summed E-state index contributed by atoms with van der Waals surface area (Å²) in [6, 6.07) is 15.8. The number of nitrogens with zero attached hydrogens (tertiary/aromatic N) is 2. The van der Waals surface area contributed by atoms with Gasteiger partial charge in [0.15, 0.2) is 0 Å². The third-order valence-electron chi connectivity index (χ3n) is 6.94. The third-order valence-corrected chi connectivity index (χ3v) is 6.94. The topological polar surface area (TPSA) is 71.5 Å². The number of carbonyl (C=O) groups excluding carboxylic acids is 2. The maximum atomic E-state index is 13.5. The first-order valence-corrected chi connectivity index (χ1v) is 12.5. The van der Waals surface area contributed by atoms with Gasteiger partial charge >= 0.3 is 0 Å². The van der Waals surface area contributed by atoms with E-state index in [-0.39, 0.29) is 11.8 Å². The number of carbonyl (C=O) groups is 2. The summed E-state index contributed by atoms with van der Waals surface area (Å²) in [4.78, 5) is 32.8. The molecule has 0 radical (unpaired) electrons. The molecule has 1 aromatic heterocycles. The Morgan fingerprint density at radius 3 is 2.57 bits per heavy atom. The Kier molecular flexibility index (Phi) is 6.80. The van der Waals surface area contributed by atoms with Gasteiger partial charge in [0, 0.05) is 31.4 Å². The summed E-state index contributed by atoms with van der Waals surface area (Å²) in [5.74, 6) is 0.816. The van der Waals surface area contributed by atoms with Crippen molar-refractivity contribution < 1.29 is 14.3 Å². The van der Waals surface area contributed by atoms with Gasteiger partial charge in [0.1, 0.15) is 5.75 Å². The van der Waals surface area contributed by atoms with E-state index in [1.807, 2.05) is 53.4 Å². The van der Waals surface area contributed by atoms with Gasteiger partial charge in [-0.3, -0.25) is 9.59 Å². The molecule has 1 aliphatic heterocycles. The normalized spacial score (nSPS) is 16.4. The van der Waals surface area contributed by atoms with Crippen molar-refractivity contribution in [2.45, 2.75) is 38.5 Å². The van der Waals surface area contributed by atoms with Crippen molar-refractivity contribution in [3.63, 3.8) is 0 Å². The van der Waals surface area contributed by atoms with Crippen molar-refractivity contribution >= 4 is 34.4 Å². The van der Waals surface area contributed by atoms with E-state index in [1.54, 1.807) is 7.11 Å². The van der Waals surface area contributed by atoms with E-state index in [4.69, 9.17) is 9.72 Å². The summed E-state index contributed by atoms with van der Waals surface area (Å²) in [6.45, 7) is 2.01. The first-order valence-electron chi connectivity index (χ1n) is 12.5. The lowest BCUT2D eigenvalue weighted by Gasteiger charge is -2.23. The van der Waals surface area contributed by atoms with Crippen LogP contribution in [0.5, 0.6) is 5.75 Å². The highest BCUT2D eigenvalue weighted by Gasteiger charge is 2.25.